The first-order valence-corrected chi connectivity index (χ1v) is 8.17. The van der Waals surface area contributed by atoms with Gasteiger partial charge in [0.2, 0.25) is 0 Å². The molecule has 1 aromatic carbocycles. The average molecular weight is 387 g/mol. The van der Waals surface area contributed by atoms with Crippen molar-refractivity contribution in [2.45, 2.75) is 19.6 Å². The van der Waals surface area contributed by atoms with Gasteiger partial charge in [-0.25, -0.2) is 9.78 Å². The maximum absolute atomic E-state index is 12.5. The number of anilines is 1. The number of aryl methyl sites for hydroxylation is 1. The predicted molar refractivity (Wildman–Crippen MR) is 94.2 cm³/mol. The van der Waals surface area contributed by atoms with E-state index in [1.165, 1.54) is 0 Å². The molecule has 2 rings (SSSR count). The standard InChI is InChI=1S/C17H18ClF3N4O/c1-11-2-4-12(5-3-11)9-25-16(26)23-7-6-22-15-14(18)8-13(10-24-15)17(19,20)21/h2-5,8,10H,6-7,9H2,1H3,(H,22,24)(H2,23,25,26). The number of halogens is 4. The minimum atomic E-state index is -4.49. The Morgan fingerprint density at radius 1 is 1.15 bits per heavy atom. The summed E-state index contributed by atoms with van der Waals surface area (Å²) in [5.74, 6) is 0.126. The summed E-state index contributed by atoms with van der Waals surface area (Å²) in [6, 6.07) is 8.22. The van der Waals surface area contributed by atoms with Gasteiger partial charge in [-0.15, -0.1) is 0 Å². The van der Waals surface area contributed by atoms with E-state index in [-0.39, 0.29) is 30.0 Å². The van der Waals surface area contributed by atoms with E-state index in [4.69, 9.17) is 11.6 Å². The largest absolute Gasteiger partial charge is 0.417 e. The Balaban J connectivity index is 1.71. The first-order chi connectivity index (χ1) is 12.3. The predicted octanol–water partition coefficient (Wildman–Crippen LogP) is 3.97. The Morgan fingerprint density at radius 2 is 1.85 bits per heavy atom. The third-order valence-corrected chi connectivity index (χ3v) is 3.73. The lowest BCUT2D eigenvalue weighted by Gasteiger charge is -2.11. The number of rotatable bonds is 6. The van der Waals surface area contributed by atoms with Crippen molar-refractivity contribution in [1.29, 1.82) is 0 Å². The molecule has 1 heterocycles. The van der Waals surface area contributed by atoms with Crippen LogP contribution in [0.5, 0.6) is 0 Å². The Morgan fingerprint density at radius 3 is 2.46 bits per heavy atom. The molecular formula is C17H18ClF3N4O. The van der Waals surface area contributed by atoms with Gasteiger partial charge in [0, 0.05) is 25.8 Å². The summed E-state index contributed by atoms with van der Waals surface area (Å²) >= 11 is 5.78. The number of nitrogens with zero attached hydrogens (tertiary/aromatic N) is 1. The van der Waals surface area contributed by atoms with Crippen molar-refractivity contribution >= 4 is 23.4 Å². The fourth-order valence-electron chi connectivity index (χ4n) is 2.03. The van der Waals surface area contributed by atoms with E-state index in [1.807, 2.05) is 31.2 Å². The third kappa shape index (κ3) is 6.11. The second-order valence-corrected chi connectivity index (χ2v) is 5.98. The first-order valence-electron chi connectivity index (χ1n) is 7.79. The molecule has 5 nitrogen and oxygen atoms in total. The van der Waals surface area contributed by atoms with Gasteiger partial charge in [-0.05, 0) is 18.6 Å². The van der Waals surface area contributed by atoms with Gasteiger partial charge in [-0.1, -0.05) is 41.4 Å². The van der Waals surface area contributed by atoms with Gasteiger partial charge >= 0.3 is 12.2 Å². The van der Waals surface area contributed by atoms with Crippen LogP contribution in [-0.2, 0) is 12.7 Å². The molecule has 9 heteroatoms. The highest BCUT2D eigenvalue weighted by atomic mass is 35.5. The summed E-state index contributed by atoms with van der Waals surface area (Å²) < 4.78 is 37.6. The zero-order valence-electron chi connectivity index (χ0n) is 14.0. The van der Waals surface area contributed by atoms with Gasteiger partial charge < -0.3 is 16.0 Å². The van der Waals surface area contributed by atoms with E-state index in [0.717, 1.165) is 17.2 Å². The van der Waals surface area contributed by atoms with Crippen LogP contribution in [0.15, 0.2) is 36.5 Å². The molecule has 0 aliphatic rings. The average Bonchev–Trinajstić information content (AvgIpc) is 2.58. The number of benzene rings is 1. The van der Waals surface area contributed by atoms with Crippen molar-refractivity contribution in [2.75, 3.05) is 18.4 Å². The molecule has 0 atom stereocenters. The van der Waals surface area contributed by atoms with Crippen LogP contribution in [0.25, 0.3) is 0 Å². The van der Waals surface area contributed by atoms with Crippen molar-refractivity contribution in [2.24, 2.45) is 0 Å². The molecule has 26 heavy (non-hydrogen) atoms. The van der Waals surface area contributed by atoms with Crippen molar-refractivity contribution in [1.82, 2.24) is 15.6 Å². The number of hydrogen-bond donors (Lipinski definition) is 3. The summed E-state index contributed by atoms with van der Waals surface area (Å²) in [5.41, 5.74) is 1.20. The molecule has 0 saturated carbocycles. The van der Waals surface area contributed by atoms with Crippen LogP contribution in [0.1, 0.15) is 16.7 Å². The number of carbonyl (C=O) groups is 1. The number of hydrogen-bond acceptors (Lipinski definition) is 3. The summed E-state index contributed by atoms with van der Waals surface area (Å²) in [7, 11) is 0. The van der Waals surface area contributed by atoms with Crippen molar-refractivity contribution in [3.05, 3.63) is 58.2 Å². The molecule has 0 radical (unpaired) electrons. The number of carbonyl (C=O) groups excluding carboxylic acids is 1. The molecule has 3 N–H and O–H groups in total. The van der Waals surface area contributed by atoms with Gasteiger partial charge in [-0.3, -0.25) is 0 Å². The lowest BCUT2D eigenvalue weighted by Crippen LogP contribution is -2.37. The fourth-order valence-corrected chi connectivity index (χ4v) is 2.26. The van der Waals surface area contributed by atoms with Crippen LogP contribution in [0.4, 0.5) is 23.8 Å². The molecule has 0 aliphatic carbocycles. The van der Waals surface area contributed by atoms with Gasteiger partial charge in [0.25, 0.3) is 0 Å². The van der Waals surface area contributed by atoms with Crippen LogP contribution in [0.3, 0.4) is 0 Å². The smallest absolute Gasteiger partial charge is 0.367 e. The highest BCUT2D eigenvalue weighted by Gasteiger charge is 2.31. The monoisotopic (exact) mass is 386 g/mol. The summed E-state index contributed by atoms with van der Waals surface area (Å²) in [6.45, 7) is 2.88. The Hall–Kier alpha value is -2.48. The van der Waals surface area contributed by atoms with Gasteiger partial charge in [0.05, 0.1) is 10.6 Å². The van der Waals surface area contributed by atoms with Gasteiger partial charge in [-0.2, -0.15) is 13.2 Å². The number of nitrogens with one attached hydrogen (secondary N) is 3. The maximum Gasteiger partial charge on any atom is 0.417 e. The minimum Gasteiger partial charge on any atom is -0.367 e. The first kappa shape index (κ1) is 19.8. The fraction of sp³-hybridized carbons (Fsp3) is 0.294. The molecule has 2 amide bonds. The zero-order chi connectivity index (χ0) is 19.2. The van der Waals surface area contributed by atoms with Crippen molar-refractivity contribution < 1.29 is 18.0 Å². The zero-order valence-corrected chi connectivity index (χ0v) is 14.7. The Bertz CT molecular complexity index is 751. The Labute approximate surface area is 154 Å². The Kier molecular flexibility index (Phi) is 6.68. The molecule has 2 aromatic rings. The van der Waals surface area contributed by atoms with Gasteiger partial charge in [0.15, 0.2) is 0 Å². The van der Waals surface area contributed by atoms with E-state index in [2.05, 4.69) is 20.9 Å². The molecule has 0 fully saturated rings. The lowest BCUT2D eigenvalue weighted by atomic mass is 10.1. The normalized spacial score (nSPS) is 11.1. The van der Waals surface area contributed by atoms with E-state index in [9.17, 15) is 18.0 Å². The molecule has 0 unspecified atom stereocenters. The van der Waals surface area contributed by atoms with E-state index >= 15 is 0 Å². The maximum atomic E-state index is 12.5. The lowest BCUT2D eigenvalue weighted by molar-refractivity contribution is -0.137. The van der Waals surface area contributed by atoms with Crippen LogP contribution in [0.2, 0.25) is 5.02 Å². The minimum absolute atomic E-state index is 0.126. The number of alkyl halides is 3. The van der Waals surface area contributed by atoms with Crippen LogP contribution < -0.4 is 16.0 Å². The van der Waals surface area contributed by atoms with Crippen LogP contribution in [-0.4, -0.2) is 24.1 Å². The molecule has 0 aliphatic heterocycles. The van der Waals surface area contributed by atoms with E-state index in [0.29, 0.717) is 12.7 Å². The molecule has 0 spiro atoms. The van der Waals surface area contributed by atoms with Crippen LogP contribution in [0, 0.1) is 6.92 Å². The molecule has 1 aromatic heterocycles. The topological polar surface area (TPSA) is 66.1 Å². The van der Waals surface area contributed by atoms with E-state index < -0.39 is 11.7 Å². The highest BCUT2D eigenvalue weighted by Crippen LogP contribution is 2.32. The van der Waals surface area contributed by atoms with Gasteiger partial charge in [0.1, 0.15) is 5.82 Å². The second kappa shape index (κ2) is 8.75. The molecule has 0 bridgehead atoms. The molecule has 0 saturated heterocycles. The van der Waals surface area contributed by atoms with Crippen molar-refractivity contribution in [3.63, 3.8) is 0 Å². The molecular weight excluding hydrogens is 369 g/mol. The van der Waals surface area contributed by atoms with Crippen LogP contribution >= 0.6 is 11.6 Å². The number of urea groups is 1. The van der Waals surface area contributed by atoms with Crippen molar-refractivity contribution in [3.8, 4) is 0 Å². The summed E-state index contributed by atoms with van der Waals surface area (Å²) in [4.78, 5) is 15.4. The SMILES string of the molecule is Cc1ccc(CNC(=O)NCCNc2ncc(C(F)(F)F)cc2Cl)cc1. The third-order valence-electron chi connectivity index (χ3n) is 3.45. The quantitative estimate of drug-likeness (QED) is 0.658. The number of amides is 2. The highest BCUT2D eigenvalue weighted by molar-refractivity contribution is 6.32. The van der Waals surface area contributed by atoms with E-state index in [1.54, 1.807) is 0 Å². The number of pyridine rings is 1. The summed E-state index contributed by atoms with van der Waals surface area (Å²) in [5, 5.41) is 7.97. The number of aromatic nitrogens is 1. The summed E-state index contributed by atoms with van der Waals surface area (Å²) in [6.07, 6.45) is -3.79. The second-order valence-electron chi connectivity index (χ2n) is 5.57. The molecule has 140 valence electrons.